The molecule has 136 valence electrons. The van der Waals surface area contributed by atoms with E-state index in [0.717, 1.165) is 28.9 Å². The highest BCUT2D eigenvalue weighted by molar-refractivity contribution is 5.67. The molecule has 0 aliphatic heterocycles. The molecule has 0 unspecified atom stereocenters. The van der Waals surface area contributed by atoms with Gasteiger partial charge in [0, 0.05) is 30.0 Å². The number of nitrogens with zero attached hydrogens (tertiary/aromatic N) is 1. The molecule has 2 N–H and O–H groups in total. The van der Waals surface area contributed by atoms with E-state index in [1.54, 1.807) is 6.07 Å². The summed E-state index contributed by atoms with van der Waals surface area (Å²) in [7, 11) is 0. The number of hydrogen-bond donors (Lipinski definition) is 1. The summed E-state index contributed by atoms with van der Waals surface area (Å²) in [5.41, 5.74) is 11.8. The molecule has 1 heterocycles. The Hall–Kier alpha value is -2.39. The lowest BCUT2D eigenvalue weighted by Crippen LogP contribution is -2.28. The van der Waals surface area contributed by atoms with Crippen LogP contribution >= 0.6 is 0 Å². The minimum absolute atomic E-state index is 0.0684. The molecule has 26 heavy (non-hydrogen) atoms. The van der Waals surface area contributed by atoms with Gasteiger partial charge in [-0.15, -0.1) is 0 Å². The number of halogens is 1. The average molecular weight is 350 g/mol. The van der Waals surface area contributed by atoms with Gasteiger partial charge in [-0.2, -0.15) is 0 Å². The Bertz CT molecular complexity index is 888. The van der Waals surface area contributed by atoms with Crippen molar-refractivity contribution in [1.82, 2.24) is 4.57 Å². The minimum Gasteiger partial charge on any atom is -0.345 e. The SMILES string of the molecule is Cc1ccc(F)cc1-c1cc([C@H](N)C(C)(C)C)n(Cc2ccccc2)c1. The molecule has 0 radical (unpaired) electrons. The van der Waals surface area contributed by atoms with Gasteiger partial charge in [0.05, 0.1) is 0 Å². The first-order chi connectivity index (χ1) is 12.3. The molecule has 0 aliphatic rings. The maximum Gasteiger partial charge on any atom is 0.123 e. The van der Waals surface area contributed by atoms with Crippen molar-refractivity contribution in [1.29, 1.82) is 0 Å². The van der Waals surface area contributed by atoms with E-state index < -0.39 is 0 Å². The molecule has 0 spiro atoms. The summed E-state index contributed by atoms with van der Waals surface area (Å²) < 4.78 is 16.0. The van der Waals surface area contributed by atoms with Crippen molar-refractivity contribution in [2.75, 3.05) is 0 Å². The van der Waals surface area contributed by atoms with E-state index in [2.05, 4.69) is 49.7 Å². The molecule has 1 aromatic heterocycles. The second-order valence-electron chi connectivity index (χ2n) is 8.07. The molecule has 2 aromatic carbocycles. The van der Waals surface area contributed by atoms with Crippen LogP contribution in [0.1, 0.15) is 43.6 Å². The van der Waals surface area contributed by atoms with E-state index in [-0.39, 0.29) is 17.3 Å². The van der Waals surface area contributed by atoms with Gasteiger partial charge in [-0.1, -0.05) is 57.2 Å². The first-order valence-electron chi connectivity index (χ1n) is 9.02. The summed E-state index contributed by atoms with van der Waals surface area (Å²) >= 11 is 0. The van der Waals surface area contributed by atoms with Crippen molar-refractivity contribution in [3.8, 4) is 11.1 Å². The third-order valence-electron chi connectivity index (χ3n) is 4.89. The van der Waals surface area contributed by atoms with Gasteiger partial charge in [0.15, 0.2) is 0 Å². The number of benzene rings is 2. The summed E-state index contributed by atoms with van der Waals surface area (Å²) in [5.74, 6) is -0.219. The summed E-state index contributed by atoms with van der Waals surface area (Å²) in [6, 6.07) is 17.2. The molecule has 3 rings (SSSR count). The first-order valence-corrected chi connectivity index (χ1v) is 9.02. The summed E-state index contributed by atoms with van der Waals surface area (Å²) in [6.45, 7) is 9.18. The zero-order valence-corrected chi connectivity index (χ0v) is 16.0. The largest absolute Gasteiger partial charge is 0.345 e. The summed E-state index contributed by atoms with van der Waals surface area (Å²) in [5, 5.41) is 0. The molecule has 2 nitrogen and oxygen atoms in total. The van der Waals surface area contributed by atoms with Gasteiger partial charge in [0.25, 0.3) is 0 Å². The van der Waals surface area contributed by atoms with Gasteiger partial charge in [0.1, 0.15) is 5.82 Å². The highest BCUT2D eigenvalue weighted by Crippen LogP contribution is 2.35. The monoisotopic (exact) mass is 350 g/mol. The lowest BCUT2D eigenvalue weighted by Gasteiger charge is -2.28. The molecule has 3 heteroatoms. The van der Waals surface area contributed by atoms with Crippen LogP contribution in [-0.4, -0.2) is 4.57 Å². The Labute approximate surface area is 155 Å². The number of aromatic nitrogens is 1. The normalized spacial score (nSPS) is 13.0. The van der Waals surface area contributed by atoms with Crippen molar-refractivity contribution >= 4 is 0 Å². The van der Waals surface area contributed by atoms with Crippen LogP contribution in [0, 0.1) is 18.2 Å². The highest BCUT2D eigenvalue weighted by atomic mass is 19.1. The molecule has 0 fully saturated rings. The molecule has 3 aromatic rings. The molecule has 0 saturated heterocycles. The van der Waals surface area contributed by atoms with Crippen LogP contribution in [0.4, 0.5) is 4.39 Å². The standard InChI is InChI=1S/C23H27FN2/c1-16-10-11-19(24)13-20(16)18-12-21(22(25)23(2,3)4)26(15-18)14-17-8-6-5-7-9-17/h5-13,15,22H,14,25H2,1-4H3/t22-/m0/s1. The van der Waals surface area contributed by atoms with E-state index in [0.29, 0.717) is 0 Å². The third kappa shape index (κ3) is 3.88. The second kappa shape index (κ2) is 7.08. The van der Waals surface area contributed by atoms with E-state index in [1.165, 1.54) is 11.6 Å². The van der Waals surface area contributed by atoms with Crippen LogP contribution in [-0.2, 0) is 6.54 Å². The van der Waals surface area contributed by atoms with Crippen LogP contribution in [0.3, 0.4) is 0 Å². The van der Waals surface area contributed by atoms with Gasteiger partial charge in [-0.3, -0.25) is 0 Å². The zero-order chi connectivity index (χ0) is 18.9. The quantitative estimate of drug-likeness (QED) is 0.643. The molecule has 1 atom stereocenters. The zero-order valence-electron chi connectivity index (χ0n) is 16.0. The maximum atomic E-state index is 13.8. The number of rotatable bonds is 4. The Morgan fingerprint density at radius 3 is 2.38 bits per heavy atom. The fourth-order valence-electron chi connectivity index (χ4n) is 3.20. The lowest BCUT2D eigenvalue weighted by molar-refractivity contribution is 0.315. The van der Waals surface area contributed by atoms with Crippen molar-refractivity contribution in [2.45, 2.75) is 40.3 Å². The molecule has 0 saturated carbocycles. The smallest absolute Gasteiger partial charge is 0.123 e. The van der Waals surface area contributed by atoms with Crippen molar-refractivity contribution < 1.29 is 4.39 Å². The van der Waals surface area contributed by atoms with Gasteiger partial charge < -0.3 is 10.3 Å². The van der Waals surface area contributed by atoms with E-state index in [9.17, 15) is 4.39 Å². The molecule has 0 bridgehead atoms. The van der Waals surface area contributed by atoms with E-state index in [4.69, 9.17) is 5.73 Å². The maximum absolute atomic E-state index is 13.8. The predicted octanol–water partition coefficient (Wildman–Crippen LogP) is 5.70. The summed E-state index contributed by atoms with van der Waals surface area (Å²) in [6.07, 6.45) is 2.09. The number of hydrogen-bond acceptors (Lipinski definition) is 1. The molecule has 0 aliphatic carbocycles. The fourth-order valence-corrected chi connectivity index (χ4v) is 3.20. The lowest BCUT2D eigenvalue weighted by atomic mass is 9.85. The van der Waals surface area contributed by atoms with Crippen LogP contribution < -0.4 is 5.73 Å². The highest BCUT2D eigenvalue weighted by Gasteiger charge is 2.26. The van der Waals surface area contributed by atoms with Crippen LogP contribution in [0.2, 0.25) is 0 Å². The van der Waals surface area contributed by atoms with Crippen LogP contribution in [0.5, 0.6) is 0 Å². The Morgan fingerprint density at radius 1 is 1.04 bits per heavy atom. The predicted molar refractivity (Wildman–Crippen MR) is 106 cm³/mol. The Balaban J connectivity index is 2.09. The van der Waals surface area contributed by atoms with E-state index in [1.807, 2.05) is 31.2 Å². The third-order valence-corrected chi connectivity index (χ3v) is 4.89. The number of nitrogens with two attached hydrogens (primary N) is 1. The summed E-state index contributed by atoms with van der Waals surface area (Å²) in [4.78, 5) is 0. The van der Waals surface area contributed by atoms with E-state index >= 15 is 0 Å². The average Bonchev–Trinajstić information content (AvgIpc) is 2.99. The van der Waals surface area contributed by atoms with Crippen molar-refractivity contribution in [3.63, 3.8) is 0 Å². The topological polar surface area (TPSA) is 30.9 Å². The Kier molecular flexibility index (Phi) is 5.01. The van der Waals surface area contributed by atoms with Gasteiger partial charge in [-0.25, -0.2) is 4.39 Å². The fraction of sp³-hybridized carbons (Fsp3) is 0.304. The first kappa shape index (κ1) is 18.4. The van der Waals surface area contributed by atoms with Gasteiger partial charge in [-0.05, 0) is 47.2 Å². The van der Waals surface area contributed by atoms with Gasteiger partial charge in [0.2, 0.25) is 0 Å². The Morgan fingerprint density at radius 2 is 1.73 bits per heavy atom. The molecular weight excluding hydrogens is 323 g/mol. The van der Waals surface area contributed by atoms with Crippen molar-refractivity contribution in [2.24, 2.45) is 11.1 Å². The van der Waals surface area contributed by atoms with Crippen LogP contribution in [0.15, 0.2) is 60.8 Å². The van der Waals surface area contributed by atoms with Crippen LogP contribution in [0.25, 0.3) is 11.1 Å². The molecule has 0 amide bonds. The van der Waals surface area contributed by atoms with Crippen molar-refractivity contribution in [3.05, 3.63) is 83.4 Å². The number of aryl methyl sites for hydroxylation is 1. The van der Waals surface area contributed by atoms with Gasteiger partial charge >= 0.3 is 0 Å². The minimum atomic E-state index is -0.219. The second-order valence-corrected chi connectivity index (χ2v) is 8.07. The molecular formula is C23H27FN2.